The molecular weight excluding hydrogens is 372 g/mol. The van der Waals surface area contributed by atoms with Crippen LogP contribution in [0.3, 0.4) is 0 Å². The molecule has 0 saturated heterocycles. The van der Waals surface area contributed by atoms with Gasteiger partial charge in [-0.05, 0) is 61.3 Å². The third kappa shape index (κ3) is 8.37. The van der Waals surface area contributed by atoms with Gasteiger partial charge >= 0.3 is 0 Å². The number of nitrogens with one attached hydrogen (secondary N) is 2. The van der Waals surface area contributed by atoms with Crippen molar-refractivity contribution in [3.05, 3.63) is 59.7 Å². The molecule has 0 radical (unpaired) electrons. The van der Waals surface area contributed by atoms with Crippen molar-refractivity contribution in [2.45, 2.75) is 77.3 Å². The fraction of sp³-hybridized carbons (Fsp3) is 0.538. The largest absolute Gasteiger partial charge is 0.508 e. The first-order valence-corrected chi connectivity index (χ1v) is 11.7. The monoisotopic (exact) mass is 412 g/mol. The molecule has 0 heterocycles. The molecule has 0 fully saturated rings. The van der Waals surface area contributed by atoms with E-state index in [1.165, 1.54) is 38.5 Å². The summed E-state index contributed by atoms with van der Waals surface area (Å²) in [5.41, 5.74) is 2.31. The lowest BCUT2D eigenvalue weighted by Crippen LogP contribution is -2.36. The van der Waals surface area contributed by atoms with E-state index in [4.69, 9.17) is 0 Å². The quantitative estimate of drug-likeness (QED) is 0.262. The summed E-state index contributed by atoms with van der Waals surface area (Å²) in [4.78, 5) is 0. The molecular formula is C26H40N2O2. The van der Waals surface area contributed by atoms with Crippen LogP contribution in [0.2, 0.25) is 0 Å². The van der Waals surface area contributed by atoms with Crippen LogP contribution in [0, 0.1) is 0 Å². The van der Waals surface area contributed by atoms with Gasteiger partial charge in [0, 0.05) is 0 Å². The SMILES string of the molecule is CCCCCCN[C@H](c1ccc(O)cc1)[C@H](NCCCCCC)c1ccc(O)cc1. The predicted molar refractivity (Wildman–Crippen MR) is 126 cm³/mol. The van der Waals surface area contributed by atoms with Gasteiger partial charge in [0.15, 0.2) is 0 Å². The van der Waals surface area contributed by atoms with Crippen LogP contribution in [0.5, 0.6) is 11.5 Å². The highest BCUT2D eigenvalue weighted by Gasteiger charge is 2.24. The van der Waals surface area contributed by atoms with Gasteiger partial charge in [-0.3, -0.25) is 0 Å². The summed E-state index contributed by atoms with van der Waals surface area (Å²) in [6.45, 7) is 6.38. The van der Waals surface area contributed by atoms with Crippen molar-refractivity contribution in [2.24, 2.45) is 0 Å². The van der Waals surface area contributed by atoms with Gasteiger partial charge in [-0.15, -0.1) is 0 Å². The molecule has 0 aliphatic rings. The molecule has 0 amide bonds. The number of rotatable bonds is 15. The highest BCUT2D eigenvalue weighted by Crippen LogP contribution is 2.31. The average Bonchev–Trinajstić information content (AvgIpc) is 2.76. The minimum Gasteiger partial charge on any atom is -0.508 e. The van der Waals surface area contributed by atoms with Crippen molar-refractivity contribution < 1.29 is 10.2 Å². The van der Waals surface area contributed by atoms with E-state index < -0.39 is 0 Å². The zero-order valence-electron chi connectivity index (χ0n) is 18.7. The maximum Gasteiger partial charge on any atom is 0.115 e. The maximum absolute atomic E-state index is 9.76. The Morgan fingerprint density at radius 3 is 1.27 bits per heavy atom. The van der Waals surface area contributed by atoms with Crippen LogP contribution < -0.4 is 10.6 Å². The highest BCUT2D eigenvalue weighted by molar-refractivity contribution is 5.34. The molecule has 0 unspecified atom stereocenters. The van der Waals surface area contributed by atoms with Crippen LogP contribution in [0.1, 0.15) is 88.4 Å². The van der Waals surface area contributed by atoms with Crippen molar-refractivity contribution in [1.82, 2.24) is 10.6 Å². The third-order valence-corrected chi connectivity index (χ3v) is 5.63. The Kier molecular flexibility index (Phi) is 11.3. The number of hydrogen-bond acceptors (Lipinski definition) is 4. The summed E-state index contributed by atoms with van der Waals surface area (Å²) in [7, 11) is 0. The highest BCUT2D eigenvalue weighted by atomic mass is 16.3. The zero-order chi connectivity index (χ0) is 21.6. The van der Waals surface area contributed by atoms with Crippen molar-refractivity contribution in [3.8, 4) is 11.5 Å². The molecule has 2 aromatic carbocycles. The number of phenolic OH excluding ortho intramolecular Hbond substituents is 2. The number of unbranched alkanes of at least 4 members (excludes halogenated alkanes) is 6. The molecule has 2 atom stereocenters. The predicted octanol–water partition coefficient (Wildman–Crippen LogP) is 6.22. The van der Waals surface area contributed by atoms with Crippen LogP contribution >= 0.6 is 0 Å². The summed E-state index contributed by atoms with van der Waals surface area (Å²) < 4.78 is 0. The summed E-state index contributed by atoms with van der Waals surface area (Å²) in [5.74, 6) is 0.573. The van der Waals surface area contributed by atoms with Gasteiger partial charge in [0.25, 0.3) is 0 Å². The number of benzene rings is 2. The summed E-state index contributed by atoms with van der Waals surface area (Å²) in [6.07, 6.45) is 9.78. The average molecular weight is 413 g/mol. The molecule has 4 nitrogen and oxygen atoms in total. The molecule has 0 saturated carbocycles. The van der Waals surface area contributed by atoms with E-state index in [-0.39, 0.29) is 23.6 Å². The molecule has 0 bridgehead atoms. The van der Waals surface area contributed by atoms with Crippen LogP contribution in [0.15, 0.2) is 48.5 Å². The Balaban J connectivity index is 2.19. The van der Waals surface area contributed by atoms with Gasteiger partial charge < -0.3 is 20.8 Å². The van der Waals surface area contributed by atoms with E-state index in [9.17, 15) is 10.2 Å². The Morgan fingerprint density at radius 1 is 0.567 bits per heavy atom. The fourth-order valence-electron chi connectivity index (χ4n) is 3.84. The van der Waals surface area contributed by atoms with Crippen molar-refractivity contribution >= 4 is 0 Å². The van der Waals surface area contributed by atoms with Crippen molar-refractivity contribution in [2.75, 3.05) is 13.1 Å². The second kappa shape index (κ2) is 14.1. The van der Waals surface area contributed by atoms with Crippen molar-refractivity contribution in [1.29, 1.82) is 0 Å². The van der Waals surface area contributed by atoms with E-state index >= 15 is 0 Å². The Hall–Kier alpha value is -2.04. The summed E-state index contributed by atoms with van der Waals surface area (Å²) in [6, 6.07) is 15.2. The Morgan fingerprint density at radius 2 is 0.933 bits per heavy atom. The second-order valence-corrected chi connectivity index (χ2v) is 8.17. The summed E-state index contributed by atoms with van der Waals surface area (Å²) in [5, 5.41) is 27.1. The van der Waals surface area contributed by atoms with Gasteiger partial charge in [-0.25, -0.2) is 0 Å². The minimum absolute atomic E-state index is 0.0861. The van der Waals surface area contributed by atoms with Crippen LogP contribution in [0.4, 0.5) is 0 Å². The van der Waals surface area contributed by atoms with E-state index in [0.717, 1.165) is 37.1 Å². The first kappa shape index (κ1) is 24.2. The summed E-state index contributed by atoms with van der Waals surface area (Å²) >= 11 is 0. The lowest BCUT2D eigenvalue weighted by molar-refractivity contribution is 0.375. The lowest BCUT2D eigenvalue weighted by atomic mass is 9.92. The van der Waals surface area contributed by atoms with Gasteiger partial charge in [0.2, 0.25) is 0 Å². The Labute approximate surface area is 182 Å². The molecule has 0 aliphatic carbocycles. The van der Waals surface area contributed by atoms with Crippen LogP contribution in [-0.2, 0) is 0 Å². The van der Waals surface area contributed by atoms with E-state index in [1.54, 1.807) is 24.3 Å². The molecule has 166 valence electrons. The van der Waals surface area contributed by atoms with Crippen LogP contribution in [0.25, 0.3) is 0 Å². The zero-order valence-corrected chi connectivity index (χ0v) is 18.7. The smallest absolute Gasteiger partial charge is 0.115 e. The molecule has 0 spiro atoms. The standard InChI is InChI=1S/C26H40N2O2/c1-3-5-7-9-19-27-25(21-11-15-23(29)16-12-21)26(28-20-10-8-6-4-2)22-13-17-24(30)18-14-22/h11-18,25-30H,3-10,19-20H2,1-2H3/t25-,26-/m1/s1. The maximum atomic E-state index is 9.76. The van der Waals surface area contributed by atoms with Gasteiger partial charge in [-0.1, -0.05) is 76.6 Å². The fourth-order valence-corrected chi connectivity index (χ4v) is 3.84. The van der Waals surface area contributed by atoms with Gasteiger partial charge in [0.05, 0.1) is 12.1 Å². The number of phenols is 2. The van der Waals surface area contributed by atoms with Gasteiger partial charge in [-0.2, -0.15) is 0 Å². The molecule has 2 aromatic rings. The molecule has 4 heteroatoms. The third-order valence-electron chi connectivity index (χ3n) is 5.63. The van der Waals surface area contributed by atoms with Gasteiger partial charge in [0.1, 0.15) is 11.5 Å². The number of hydrogen-bond donors (Lipinski definition) is 4. The Bertz CT molecular complexity index is 624. The molecule has 0 aliphatic heterocycles. The normalized spacial score (nSPS) is 13.3. The lowest BCUT2D eigenvalue weighted by Gasteiger charge is -2.30. The minimum atomic E-state index is 0.0861. The molecule has 0 aromatic heterocycles. The second-order valence-electron chi connectivity index (χ2n) is 8.17. The molecule has 30 heavy (non-hydrogen) atoms. The van der Waals surface area contributed by atoms with E-state index in [1.807, 2.05) is 24.3 Å². The van der Waals surface area contributed by atoms with E-state index in [0.29, 0.717) is 0 Å². The first-order chi connectivity index (χ1) is 14.7. The molecule has 2 rings (SSSR count). The first-order valence-electron chi connectivity index (χ1n) is 11.7. The van der Waals surface area contributed by atoms with Crippen molar-refractivity contribution in [3.63, 3.8) is 0 Å². The molecule has 4 N–H and O–H groups in total. The number of aromatic hydroxyl groups is 2. The van der Waals surface area contributed by atoms with Crippen LogP contribution in [-0.4, -0.2) is 23.3 Å². The topological polar surface area (TPSA) is 64.5 Å². The van der Waals surface area contributed by atoms with E-state index in [2.05, 4.69) is 24.5 Å².